The summed E-state index contributed by atoms with van der Waals surface area (Å²) in [7, 11) is 0. The third-order valence-corrected chi connectivity index (χ3v) is 3.38. The molecule has 4 atom stereocenters. The molecule has 1 fully saturated rings. The number of halogens is 2. The van der Waals surface area contributed by atoms with Crippen molar-refractivity contribution >= 4 is 0 Å². The van der Waals surface area contributed by atoms with Crippen molar-refractivity contribution in [1.82, 2.24) is 0 Å². The van der Waals surface area contributed by atoms with E-state index in [0.29, 0.717) is 11.8 Å². The van der Waals surface area contributed by atoms with Crippen LogP contribution in [-0.4, -0.2) is 17.6 Å². The van der Waals surface area contributed by atoms with Crippen LogP contribution in [0.3, 0.4) is 0 Å². The molecule has 0 amide bonds. The number of aliphatic hydroxyl groups excluding tert-OH is 1. The van der Waals surface area contributed by atoms with Gasteiger partial charge in [0.05, 0.1) is 0 Å². The Morgan fingerprint density at radius 1 is 1.15 bits per heavy atom. The van der Waals surface area contributed by atoms with Crippen molar-refractivity contribution in [2.75, 3.05) is 0 Å². The molecule has 3 heteroatoms. The largest absolute Gasteiger partial charge is 0.387 e. The standard InChI is InChI=1S/C10H18F2O/c1-6-3-4-8(5-7(6)2)9(13)10(11)12/h6-10,13H,3-5H2,1-2H3. The lowest BCUT2D eigenvalue weighted by atomic mass is 9.74. The molecule has 1 N–H and O–H groups in total. The lowest BCUT2D eigenvalue weighted by Gasteiger charge is -2.34. The fourth-order valence-corrected chi connectivity index (χ4v) is 2.11. The topological polar surface area (TPSA) is 20.2 Å². The van der Waals surface area contributed by atoms with Gasteiger partial charge in [-0.2, -0.15) is 0 Å². The van der Waals surface area contributed by atoms with Gasteiger partial charge >= 0.3 is 0 Å². The van der Waals surface area contributed by atoms with E-state index in [1.807, 2.05) is 0 Å². The van der Waals surface area contributed by atoms with Crippen molar-refractivity contribution in [2.45, 2.75) is 45.6 Å². The zero-order valence-electron chi connectivity index (χ0n) is 8.21. The van der Waals surface area contributed by atoms with Crippen LogP contribution in [-0.2, 0) is 0 Å². The highest BCUT2D eigenvalue weighted by atomic mass is 19.3. The molecular formula is C10H18F2O. The molecule has 0 aliphatic heterocycles. The van der Waals surface area contributed by atoms with Crippen molar-refractivity contribution in [3.05, 3.63) is 0 Å². The van der Waals surface area contributed by atoms with Crippen LogP contribution in [0.5, 0.6) is 0 Å². The zero-order valence-corrected chi connectivity index (χ0v) is 8.21. The predicted octanol–water partition coefficient (Wildman–Crippen LogP) is 2.68. The third kappa shape index (κ3) is 2.63. The zero-order chi connectivity index (χ0) is 10.0. The van der Waals surface area contributed by atoms with Gasteiger partial charge in [-0.05, 0) is 30.6 Å². The van der Waals surface area contributed by atoms with Crippen LogP contribution in [0.15, 0.2) is 0 Å². The van der Waals surface area contributed by atoms with Gasteiger partial charge in [0.15, 0.2) is 0 Å². The molecule has 13 heavy (non-hydrogen) atoms. The molecule has 4 unspecified atom stereocenters. The summed E-state index contributed by atoms with van der Waals surface area (Å²) in [5, 5.41) is 9.21. The molecule has 78 valence electrons. The van der Waals surface area contributed by atoms with Crippen molar-refractivity contribution < 1.29 is 13.9 Å². The Bertz CT molecular complexity index is 161. The van der Waals surface area contributed by atoms with E-state index in [1.54, 1.807) is 0 Å². The van der Waals surface area contributed by atoms with E-state index >= 15 is 0 Å². The first kappa shape index (κ1) is 10.9. The van der Waals surface area contributed by atoms with Crippen molar-refractivity contribution in [2.24, 2.45) is 17.8 Å². The second-order valence-corrected chi connectivity index (χ2v) is 4.35. The second-order valence-electron chi connectivity index (χ2n) is 4.35. The van der Waals surface area contributed by atoms with E-state index in [2.05, 4.69) is 13.8 Å². The number of hydrogen-bond donors (Lipinski definition) is 1. The maximum atomic E-state index is 12.2. The first-order valence-electron chi connectivity index (χ1n) is 4.98. The monoisotopic (exact) mass is 192 g/mol. The van der Waals surface area contributed by atoms with E-state index in [1.165, 1.54) is 0 Å². The first-order valence-corrected chi connectivity index (χ1v) is 4.98. The van der Waals surface area contributed by atoms with Gasteiger partial charge in [-0.3, -0.25) is 0 Å². The molecule has 0 radical (unpaired) electrons. The van der Waals surface area contributed by atoms with Gasteiger partial charge in [-0.1, -0.05) is 20.3 Å². The highest BCUT2D eigenvalue weighted by Gasteiger charge is 2.33. The number of alkyl halides is 2. The van der Waals surface area contributed by atoms with Crippen LogP contribution in [0, 0.1) is 17.8 Å². The molecular weight excluding hydrogens is 174 g/mol. The fourth-order valence-electron chi connectivity index (χ4n) is 2.11. The molecule has 0 aromatic rings. The molecule has 1 rings (SSSR count). The molecule has 0 heterocycles. The summed E-state index contributed by atoms with van der Waals surface area (Å²) in [6.45, 7) is 4.23. The minimum Gasteiger partial charge on any atom is -0.387 e. The van der Waals surface area contributed by atoms with Gasteiger partial charge in [0.25, 0.3) is 6.43 Å². The van der Waals surface area contributed by atoms with Crippen molar-refractivity contribution in [3.63, 3.8) is 0 Å². The normalized spacial score (nSPS) is 37.8. The summed E-state index contributed by atoms with van der Waals surface area (Å²) in [4.78, 5) is 0. The van der Waals surface area contributed by atoms with Gasteiger partial charge < -0.3 is 5.11 Å². The lowest BCUT2D eigenvalue weighted by Crippen LogP contribution is -2.33. The fraction of sp³-hybridized carbons (Fsp3) is 1.00. The quantitative estimate of drug-likeness (QED) is 0.713. The lowest BCUT2D eigenvalue weighted by molar-refractivity contribution is -0.0561. The van der Waals surface area contributed by atoms with Gasteiger partial charge in [-0.15, -0.1) is 0 Å². The van der Waals surface area contributed by atoms with Gasteiger partial charge in [0.1, 0.15) is 6.10 Å². The molecule has 0 spiro atoms. The number of rotatable bonds is 2. The minimum atomic E-state index is -2.58. The second kappa shape index (κ2) is 4.36. The summed E-state index contributed by atoms with van der Waals surface area (Å²) in [5.74, 6) is 0.888. The highest BCUT2D eigenvalue weighted by Crippen LogP contribution is 2.36. The van der Waals surface area contributed by atoms with Crippen LogP contribution < -0.4 is 0 Å². The molecule has 0 saturated heterocycles. The van der Waals surface area contributed by atoms with E-state index in [4.69, 9.17) is 0 Å². The molecule has 1 aliphatic carbocycles. The van der Waals surface area contributed by atoms with Crippen LogP contribution in [0.2, 0.25) is 0 Å². The van der Waals surface area contributed by atoms with Crippen LogP contribution in [0.4, 0.5) is 8.78 Å². The van der Waals surface area contributed by atoms with Gasteiger partial charge in [-0.25, -0.2) is 8.78 Å². The van der Waals surface area contributed by atoms with Crippen LogP contribution in [0.1, 0.15) is 33.1 Å². The maximum Gasteiger partial charge on any atom is 0.264 e. The third-order valence-electron chi connectivity index (χ3n) is 3.38. The minimum absolute atomic E-state index is 0.189. The summed E-state index contributed by atoms with van der Waals surface area (Å²) in [5.41, 5.74) is 0. The molecule has 0 bridgehead atoms. The Labute approximate surface area is 78.1 Å². The van der Waals surface area contributed by atoms with E-state index < -0.39 is 12.5 Å². The van der Waals surface area contributed by atoms with E-state index in [0.717, 1.165) is 19.3 Å². The summed E-state index contributed by atoms with van der Waals surface area (Å²) >= 11 is 0. The molecule has 0 aromatic heterocycles. The predicted molar refractivity (Wildman–Crippen MR) is 47.7 cm³/mol. The number of hydrogen-bond acceptors (Lipinski definition) is 1. The Hall–Kier alpha value is -0.180. The van der Waals surface area contributed by atoms with Crippen molar-refractivity contribution in [3.8, 4) is 0 Å². The van der Waals surface area contributed by atoms with Crippen molar-refractivity contribution in [1.29, 1.82) is 0 Å². The maximum absolute atomic E-state index is 12.2. The highest BCUT2D eigenvalue weighted by molar-refractivity contribution is 4.80. The van der Waals surface area contributed by atoms with Crippen LogP contribution in [0.25, 0.3) is 0 Å². The van der Waals surface area contributed by atoms with E-state index in [9.17, 15) is 13.9 Å². The number of aliphatic hydroxyl groups is 1. The van der Waals surface area contributed by atoms with Gasteiger partial charge in [0, 0.05) is 0 Å². The summed E-state index contributed by atoms with van der Waals surface area (Å²) < 4.78 is 24.4. The molecule has 1 nitrogen and oxygen atoms in total. The summed E-state index contributed by atoms with van der Waals surface area (Å²) in [6, 6.07) is 0. The molecule has 1 aliphatic rings. The Morgan fingerprint density at radius 3 is 2.23 bits per heavy atom. The molecule has 0 aromatic carbocycles. The Kier molecular flexibility index (Phi) is 3.65. The SMILES string of the molecule is CC1CCC(C(O)C(F)F)CC1C. The Balaban J connectivity index is 2.45. The van der Waals surface area contributed by atoms with Crippen LogP contribution >= 0.6 is 0 Å². The van der Waals surface area contributed by atoms with E-state index in [-0.39, 0.29) is 5.92 Å². The van der Waals surface area contributed by atoms with Gasteiger partial charge in [0.2, 0.25) is 0 Å². The average molecular weight is 192 g/mol. The smallest absolute Gasteiger partial charge is 0.264 e. The molecule has 1 saturated carbocycles. The average Bonchev–Trinajstić information content (AvgIpc) is 2.08. The summed E-state index contributed by atoms with van der Waals surface area (Å²) in [6.07, 6.45) is -1.53. The Morgan fingerprint density at radius 2 is 1.77 bits per heavy atom. The first-order chi connectivity index (χ1) is 6.02.